The Morgan fingerprint density at radius 3 is 2.49 bits per heavy atom. The zero-order chi connectivity index (χ0) is 27.4. The van der Waals surface area contributed by atoms with Crippen LogP contribution >= 0.6 is 11.6 Å². The number of fused-ring (bicyclic) bond motifs is 1. The van der Waals surface area contributed by atoms with Gasteiger partial charge in [-0.3, -0.25) is 9.59 Å². The molecule has 0 radical (unpaired) electrons. The zero-order valence-corrected chi connectivity index (χ0v) is 22.7. The summed E-state index contributed by atoms with van der Waals surface area (Å²) in [6.45, 7) is 4.77. The third-order valence-corrected chi connectivity index (χ3v) is 8.41. The average molecular weight is 555 g/mol. The van der Waals surface area contributed by atoms with E-state index in [-0.39, 0.29) is 30.3 Å². The van der Waals surface area contributed by atoms with Crippen molar-refractivity contribution in [2.24, 2.45) is 5.92 Å². The molecule has 208 valence electrons. The van der Waals surface area contributed by atoms with Crippen molar-refractivity contribution in [3.8, 4) is 5.75 Å². The number of rotatable bonds is 7. The Hall–Kier alpha value is -3.30. The van der Waals surface area contributed by atoms with Gasteiger partial charge in [-0.2, -0.15) is 0 Å². The minimum absolute atomic E-state index is 0.0205. The summed E-state index contributed by atoms with van der Waals surface area (Å²) in [7, 11) is 0. The van der Waals surface area contributed by atoms with Crippen LogP contribution in [0.4, 0.5) is 10.5 Å². The molecule has 0 unspecified atom stereocenters. The highest BCUT2D eigenvalue weighted by atomic mass is 35.5. The smallest absolute Gasteiger partial charge is 0.407 e. The first-order chi connectivity index (χ1) is 18.9. The number of hydrogen-bond acceptors (Lipinski definition) is 5. The number of nitrogens with one attached hydrogen (secondary N) is 1. The van der Waals surface area contributed by atoms with Gasteiger partial charge in [-0.05, 0) is 80.4 Å². The molecular formula is C29H35ClN4O5. The second-order valence-electron chi connectivity index (χ2n) is 10.6. The molecule has 0 bridgehead atoms. The van der Waals surface area contributed by atoms with Gasteiger partial charge in [-0.25, -0.2) is 4.79 Å². The number of amides is 3. The Kier molecular flexibility index (Phi) is 8.57. The first-order valence-corrected chi connectivity index (χ1v) is 14.1. The molecular weight excluding hydrogens is 520 g/mol. The van der Waals surface area contributed by atoms with Crippen molar-refractivity contribution >= 4 is 35.2 Å². The summed E-state index contributed by atoms with van der Waals surface area (Å²) in [6, 6.07) is 13.2. The molecule has 2 aromatic rings. The number of likely N-dealkylation sites (tertiary alicyclic amines) is 2. The van der Waals surface area contributed by atoms with Gasteiger partial charge in [0.1, 0.15) is 5.75 Å². The summed E-state index contributed by atoms with van der Waals surface area (Å²) < 4.78 is 5.55. The Morgan fingerprint density at radius 2 is 1.74 bits per heavy atom. The molecule has 0 aromatic heterocycles. The predicted molar refractivity (Wildman–Crippen MR) is 149 cm³/mol. The molecule has 9 nitrogen and oxygen atoms in total. The molecule has 39 heavy (non-hydrogen) atoms. The minimum Gasteiger partial charge on any atom is -0.482 e. The predicted octanol–water partition coefficient (Wildman–Crippen LogP) is 4.06. The van der Waals surface area contributed by atoms with Crippen LogP contribution in [-0.4, -0.2) is 85.2 Å². The van der Waals surface area contributed by atoms with Crippen molar-refractivity contribution in [3.05, 3.63) is 58.6 Å². The number of nitrogens with zero attached hydrogens (tertiary/aromatic N) is 3. The van der Waals surface area contributed by atoms with Crippen LogP contribution in [-0.2, 0) is 4.79 Å². The summed E-state index contributed by atoms with van der Waals surface area (Å²) in [5.74, 6) is 1.12. The fourth-order valence-electron chi connectivity index (χ4n) is 5.85. The Morgan fingerprint density at radius 1 is 1.00 bits per heavy atom. The van der Waals surface area contributed by atoms with E-state index in [1.54, 1.807) is 6.07 Å². The van der Waals surface area contributed by atoms with Gasteiger partial charge in [0.25, 0.3) is 11.8 Å². The maximum atomic E-state index is 13.2. The van der Waals surface area contributed by atoms with Crippen LogP contribution < -0.4 is 15.0 Å². The van der Waals surface area contributed by atoms with Crippen molar-refractivity contribution in [2.75, 3.05) is 57.3 Å². The van der Waals surface area contributed by atoms with E-state index in [1.807, 2.05) is 41.3 Å². The lowest BCUT2D eigenvalue weighted by Gasteiger charge is -2.35. The lowest BCUT2D eigenvalue weighted by Crippen LogP contribution is -2.45. The van der Waals surface area contributed by atoms with E-state index in [1.165, 1.54) is 4.90 Å². The van der Waals surface area contributed by atoms with E-state index in [0.29, 0.717) is 36.8 Å². The standard InChI is InChI=1S/C29H35ClN4O5/c30-22-5-6-23(24(17-22)28(36)31-18-20-7-13-33(14-8-20)29(37)38)21-9-11-32(12-10-21)15-16-34-25-3-1-2-4-26(25)39-19-27(34)35/h1-6,17,20-21H,7-16,18-19H2,(H,31,36)(H,37,38). The molecule has 0 saturated carbocycles. The highest BCUT2D eigenvalue weighted by Gasteiger charge is 2.29. The molecule has 2 N–H and O–H groups in total. The van der Waals surface area contributed by atoms with E-state index in [9.17, 15) is 14.4 Å². The van der Waals surface area contributed by atoms with Gasteiger partial charge in [0, 0.05) is 43.3 Å². The van der Waals surface area contributed by atoms with E-state index >= 15 is 0 Å². The van der Waals surface area contributed by atoms with Gasteiger partial charge in [-0.1, -0.05) is 29.8 Å². The topological polar surface area (TPSA) is 102 Å². The van der Waals surface area contributed by atoms with Gasteiger partial charge in [0.2, 0.25) is 0 Å². The van der Waals surface area contributed by atoms with E-state index < -0.39 is 6.09 Å². The fraction of sp³-hybridized carbons (Fsp3) is 0.483. The minimum atomic E-state index is -0.882. The second kappa shape index (κ2) is 12.3. The van der Waals surface area contributed by atoms with Gasteiger partial charge >= 0.3 is 6.09 Å². The van der Waals surface area contributed by atoms with Crippen LogP contribution in [0.1, 0.15) is 47.5 Å². The Bertz CT molecular complexity index is 1210. The van der Waals surface area contributed by atoms with Crippen molar-refractivity contribution in [1.82, 2.24) is 15.1 Å². The number of benzene rings is 2. The first-order valence-electron chi connectivity index (χ1n) is 13.7. The van der Waals surface area contributed by atoms with Gasteiger partial charge in [0.15, 0.2) is 6.61 Å². The third kappa shape index (κ3) is 6.47. The molecule has 3 aliphatic heterocycles. The largest absolute Gasteiger partial charge is 0.482 e. The molecule has 3 amide bonds. The summed E-state index contributed by atoms with van der Waals surface area (Å²) in [5.41, 5.74) is 2.47. The van der Waals surface area contributed by atoms with Crippen molar-refractivity contribution in [3.63, 3.8) is 0 Å². The van der Waals surface area contributed by atoms with E-state index in [0.717, 1.165) is 62.3 Å². The summed E-state index contributed by atoms with van der Waals surface area (Å²) in [4.78, 5) is 42.5. The highest BCUT2D eigenvalue weighted by Crippen LogP contribution is 2.33. The molecule has 3 heterocycles. The average Bonchev–Trinajstić information content (AvgIpc) is 2.96. The molecule has 0 atom stereocenters. The normalized spacial score (nSPS) is 18.9. The number of carboxylic acid groups (broad SMARTS) is 1. The number of carbonyl (C=O) groups excluding carboxylic acids is 2. The molecule has 3 aliphatic rings. The quantitative estimate of drug-likeness (QED) is 0.535. The Balaban J connectivity index is 1.14. The van der Waals surface area contributed by atoms with Crippen molar-refractivity contribution in [2.45, 2.75) is 31.6 Å². The highest BCUT2D eigenvalue weighted by molar-refractivity contribution is 6.31. The molecule has 2 fully saturated rings. The van der Waals surface area contributed by atoms with Crippen molar-refractivity contribution < 1.29 is 24.2 Å². The number of halogens is 1. The van der Waals surface area contributed by atoms with Gasteiger partial charge < -0.3 is 29.9 Å². The maximum Gasteiger partial charge on any atom is 0.407 e. The van der Waals surface area contributed by atoms with E-state index in [4.69, 9.17) is 21.4 Å². The van der Waals surface area contributed by atoms with Crippen LogP contribution in [0.25, 0.3) is 0 Å². The molecule has 5 rings (SSSR count). The number of ether oxygens (including phenoxy) is 1. The first kappa shape index (κ1) is 27.3. The summed E-state index contributed by atoms with van der Waals surface area (Å²) in [6.07, 6.45) is 2.45. The Labute approximate surface area is 233 Å². The summed E-state index contributed by atoms with van der Waals surface area (Å²) in [5, 5.41) is 12.8. The van der Waals surface area contributed by atoms with Crippen LogP contribution in [0.5, 0.6) is 5.75 Å². The second-order valence-corrected chi connectivity index (χ2v) is 11.0. The number of hydrogen-bond donors (Lipinski definition) is 2. The SMILES string of the molecule is O=C(NCC1CCN(C(=O)O)CC1)c1cc(Cl)ccc1C1CCN(CCN2C(=O)COc3ccccc32)CC1. The number of para-hydroxylation sites is 2. The van der Waals surface area contributed by atoms with Crippen molar-refractivity contribution in [1.29, 1.82) is 0 Å². The maximum absolute atomic E-state index is 13.2. The zero-order valence-electron chi connectivity index (χ0n) is 22.0. The van der Waals surface area contributed by atoms with Gasteiger partial charge in [0.05, 0.1) is 5.69 Å². The van der Waals surface area contributed by atoms with Crippen LogP contribution in [0.3, 0.4) is 0 Å². The number of piperidine rings is 2. The lowest BCUT2D eigenvalue weighted by atomic mass is 9.86. The molecule has 2 aromatic carbocycles. The van der Waals surface area contributed by atoms with Crippen LogP contribution in [0.15, 0.2) is 42.5 Å². The lowest BCUT2D eigenvalue weighted by molar-refractivity contribution is -0.121. The molecule has 10 heteroatoms. The van der Waals surface area contributed by atoms with E-state index in [2.05, 4.69) is 10.2 Å². The monoisotopic (exact) mass is 554 g/mol. The number of anilines is 1. The number of carbonyl (C=O) groups is 3. The molecule has 0 spiro atoms. The summed E-state index contributed by atoms with van der Waals surface area (Å²) >= 11 is 6.29. The fourth-order valence-corrected chi connectivity index (χ4v) is 6.02. The van der Waals surface area contributed by atoms with Crippen LogP contribution in [0.2, 0.25) is 5.02 Å². The van der Waals surface area contributed by atoms with Gasteiger partial charge in [-0.15, -0.1) is 0 Å². The third-order valence-electron chi connectivity index (χ3n) is 8.17. The molecule has 2 saturated heterocycles. The molecule has 0 aliphatic carbocycles. The van der Waals surface area contributed by atoms with Crippen LogP contribution in [0, 0.1) is 5.92 Å².